The van der Waals surface area contributed by atoms with E-state index in [1.165, 1.54) is 10.9 Å². The molecule has 0 radical (unpaired) electrons. The van der Waals surface area contributed by atoms with Gasteiger partial charge in [0.2, 0.25) is 0 Å². The van der Waals surface area contributed by atoms with Crippen LogP contribution in [0.4, 0.5) is 0 Å². The Balaban J connectivity index is 2.28. The maximum Gasteiger partial charge on any atom is 0.358 e. The van der Waals surface area contributed by atoms with Crippen LogP contribution in [-0.2, 0) is 0 Å². The van der Waals surface area contributed by atoms with Crippen LogP contribution in [0.2, 0.25) is 0 Å². The van der Waals surface area contributed by atoms with Gasteiger partial charge in [-0.3, -0.25) is 0 Å². The number of carboxylic acids is 1. The third-order valence-electron chi connectivity index (χ3n) is 2.70. The van der Waals surface area contributed by atoms with E-state index in [0.29, 0.717) is 0 Å². The van der Waals surface area contributed by atoms with Crippen molar-refractivity contribution in [3.05, 3.63) is 41.7 Å². The molecule has 1 aromatic carbocycles. The Morgan fingerprint density at radius 2 is 2.28 bits per heavy atom. The van der Waals surface area contributed by atoms with Gasteiger partial charge in [0, 0.05) is 0 Å². The molecule has 0 aliphatic carbocycles. The standard InChI is InChI=1S/C12H13N3O3/c1-8(9-4-3-5-10(6-9)18-2)15-7-11(12(16)17)13-14-15/h3-8H,1-2H3,(H,16,17)/t8-/m1/s1. The predicted octanol–water partition coefficient (Wildman–Crippen LogP) is 1.59. The van der Waals surface area contributed by atoms with Gasteiger partial charge in [0.05, 0.1) is 19.3 Å². The minimum Gasteiger partial charge on any atom is -0.497 e. The lowest BCUT2D eigenvalue weighted by Gasteiger charge is -2.12. The quantitative estimate of drug-likeness (QED) is 0.887. The topological polar surface area (TPSA) is 77.2 Å². The van der Waals surface area contributed by atoms with Crippen molar-refractivity contribution >= 4 is 5.97 Å². The van der Waals surface area contributed by atoms with E-state index in [-0.39, 0.29) is 11.7 Å². The zero-order valence-corrected chi connectivity index (χ0v) is 10.1. The molecule has 1 N–H and O–H groups in total. The Kier molecular flexibility index (Phi) is 3.27. The zero-order chi connectivity index (χ0) is 13.1. The van der Waals surface area contributed by atoms with Crippen molar-refractivity contribution in [2.45, 2.75) is 13.0 Å². The normalized spacial score (nSPS) is 12.1. The van der Waals surface area contributed by atoms with Gasteiger partial charge in [-0.25, -0.2) is 9.48 Å². The molecule has 1 atom stereocenters. The minimum absolute atomic E-state index is 0.0650. The van der Waals surface area contributed by atoms with E-state index >= 15 is 0 Å². The van der Waals surface area contributed by atoms with Gasteiger partial charge in [-0.05, 0) is 24.6 Å². The molecule has 2 aromatic rings. The molecule has 18 heavy (non-hydrogen) atoms. The van der Waals surface area contributed by atoms with Crippen LogP contribution in [0.15, 0.2) is 30.5 Å². The van der Waals surface area contributed by atoms with Gasteiger partial charge >= 0.3 is 5.97 Å². The Labute approximate surface area is 104 Å². The van der Waals surface area contributed by atoms with E-state index in [1.54, 1.807) is 7.11 Å². The van der Waals surface area contributed by atoms with Crippen LogP contribution in [0.1, 0.15) is 29.0 Å². The van der Waals surface area contributed by atoms with E-state index < -0.39 is 5.97 Å². The number of aromatic nitrogens is 3. The first kappa shape index (κ1) is 12.1. The fraction of sp³-hybridized carbons (Fsp3) is 0.250. The summed E-state index contributed by atoms with van der Waals surface area (Å²) in [6.45, 7) is 1.91. The molecule has 1 heterocycles. The summed E-state index contributed by atoms with van der Waals surface area (Å²) in [5.41, 5.74) is 0.904. The molecule has 6 nitrogen and oxygen atoms in total. The highest BCUT2D eigenvalue weighted by Crippen LogP contribution is 2.21. The predicted molar refractivity (Wildman–Crippen MR) is 63.8 cm³/mol. The zero-order valence-electron chi connectivity index (χ0n) is 10.1. The summed E-state index contributed by atoms with van der Waals surface area (Å²) in [6.07, 6.45) is 1.41. The first-order valence-electron chi connectivity index (χ1n) is 5.41. The highest BCUT2D eigenvalue weighted by Gasteiger charge is 2.14. The number of nitrogens with zero attached hydrogens (tertiary/aromatic N) is 3. The number of benzene rings is 1. The number of hydrogen-bond donors (Lipinski definition) is 1. The highest BCUT2D eigenvalue weighted by molar-refractivity contribution is 5.84. The largest absolute Gasteiger partial charge is 0.497 e. The Morgan fingerprint density at radius 1 is 1.50 bits per heavy atom. The number of carboxylic acid groups (broad SMARTS) is 1. The molecule has 94 valence electrons. The van der Waals surface area contributed by atoms with Crippen LogP contribution in [0.5, 0.6) is 5.75 Å². The van der Waals surface area contributed by atoms with Crippen LogP contribution >= 0.6 is 0 Å². The average molecular weight is 247 g/mol. The van der Waals surface area contributed by atoms with Gasteiger partial charge in [0.15, 0.2) is 5.69 Å². The molecule has 2 rings (SSSR count). The molecule has 0 aliphatic rings. The van der Waals surface area contributed by atoms with Crippen molar-refractivity contribution < 1.29 is 14.6 Å². The van der Waals surface area contributed by atoms with Crippen LogP contribution in [0.25, 0.3) is 0 Å². The SMILES string of the molecule is COc1cccc([C@@H](C)n2cc(C(=O)O)nn2)c1. The van der Waals surface area contributed by atoms with Crippen LogP contribution in [0, 0.1) is 0 Å². The Hall–Kier alpha value is -2.37. The molecule has 0 aliphatic heterocycles. The van der Waals surface area contributed by atoms with Crippen molar-refractivity contribution in [3.63, 3.8) is 0 Å². The summed E-state index contributed by atoms with van der Waals surface area (Å²) < 4.78 is 6.66. The monoisotopic (exact) mass is 247 g/mol. The van der Waals surface area contributed by atoms with Crippen molar-refractivity contribution in [2.75, 3.05) is 7.11 Å². The summed E-state index contributed by atoms with van der Waals surface area (Å²) >= 11 is 0. The molecule has 0 spiro atoms. The fourth-order valence-electron chi connectivity index (χ4n) is 1.62. The Bertz CT molecular complexity index is 565. The van der Waals surface area contributed by atoms with Gasteiger partial charge in [-0.1, -0.05) is 17.3 Å². The second-order valence-electron chi connectivity index (χ2n) is 3.84. The highest BCUT2D eigenvalue weighted by atomic mass is 16.5. The second-order valence-corrected chi connectivity index (χ2v) is 3.84. The Morgan fingerprint density at radius 3 is 2.89 bits per heavy atom. The number of aromatic carboxylic acids is 1. The van der Waals surface area contributed by atoms with Gasteiger partial charge in [0.1, 0.15) is 5.75 Å². The van der Waals surface area contributed by atoms with Crippen molar-refractivity contribution in [1.82, 2.24) is 15.0 Å². The maximum atomic E-state index is 10.7. The van der Waals surface area contributed by atoms with Crippen LogP contribution in [0.3, 0.4) is 0 Å². The third kappa shape index (κ3) is 2.32. The van der Waals surface area contributed by atoms with Gasteiger partial charge in [-0.15, -0.1) is 5.10 Å². The number of ether oxygens (including phenoxy) is 1. The lowest BCUT2D eigenvalue weighted by Crippen LogP contribution is -2.07. The van der Waals surface area contributed by atoms with Gasteiger partial charge in [0.25, 0.3) is 0 Å². The lowest BCUT2D eigenvalue weighted by atomic mass is 10.1. The molecular weight excluding hydrogens is 234 g/mol. The second kappa shape index (κ2) is 4.87. The minimum atomic E-state index is -1.08. The number of methoxy groups -OCH3 is 1. The molecule has 0 unspecified atom stereocenters. The summed E-state index contributed by atoms with van der Waals surface area (Å²) in [5.74, 6) is -0.336. The first-order chi connectivity index (χ1) is 8.61. The summed E-state index contributed by atoms with van der Waals surface area (Å²) in [6, 6.07) is 7.42. The average Bonchev–Trinajstić information content (AvgIpc) is 2.87. The molecule has 6 heteroatoms. The fourth-order valence-corrected chi connectivity index (χ4v) is 1.62. The smallest absolute Gasteiger partial charge is 0.358 e. The molecule has 0 amide bonds. The van der Waals surface area contributed by atoms with Crippen LogP contribution in [-0.4, -0.2) is 33.2 Å². The molecule has 1 aromatic heterocycles. The lowest BCUT2D eigenvalue weighted by molar-refractivity contribution is 0.0690. The first-order valence-corrected chi connectivity index (χ1v) is 5.41. The number of rotatable bonds is 4. The summed E-state index contributed by atoms with van der Waals surface area (Å²) in [5, 5.41) is 16.2. The van der Waals surface area contributed by atoms with E-state index in [4.69, 9.17) is 9.84 Å². The third-order valence-corrected chi connectivity index (χ3v) is 2.70. The summed E-state index contributed by atoms with van der Waals surface area (Å²) in [4.78, 5) is 10.7. The van der Waals surface area contributed by atoms with Crippen molar-refractivity contribution in [1.29, 1.82) is 0 Å². The van der Waals surface area contributed by atoms with E-state index in [0.717, 1.165) is 11.3 Å². The van der Waals surface area contributed by atoms with E-state index in [2.05, 4.69) is 10.3 Å². The molecular formula is C12H13N3O3. The molecule has 0 fully saturated rings. The molecule has 0 saturated carbocycles. The van der Waals surface area contributed by atoms with E-state index in [9.17, 15) is 4.79 Å². The molecule has 0 saturated heterocycles. The molecule has 0 bridgehead atoms. The van der Waals surface area contributed by atoms with Crippen LogP contribution < -0.4 is 4.74 Å². The van der Waals surface area contributed by atoms with E-state index in [1.807, 2.05) is 31.2 Å². The van der Waals surface area contributed by atoms with Gasteiger partial charge in [-0.2, -0.15) is 0 Å². The summed E-state index contributed by atoms with van der Waals surface area (Å²) in [7, 11) is 1.60. The van der Waals surface area contributed by atoms with Crippen molar-refractivity contribution in [3.8, 4) is 5.75 Å². The van der Waals surface area contributed by atoms with Gasteiger partial charge < -0.3 is 9.84 Å². The number of hydrogen-bond acceptors (Lipinski definition) is 4. The number of carbonyl (C=O) groups is 1. The van der Waals surface area contributed by atoms with Crippen molar-refractivity contribution in [2.24, 2.45) is 0 Å². The maximum absolute atomic E-state index is 10.7.